The molecule has 1 N–H and O–H groups in total. The van der Waals surface area contributed by atoms with Crippen LogP contribution in [0.15, 0.2) is 52.0 Å². The van der Waals surface area contributed by atoms with Crippen LogP contribution in [0.4, 0.5) is 0 Å². The molecule has 0 aliphatic carbocycles. The van der Waals surface area contributed by atoms with Gasteiger partial charge >= 0.3 is 5.97 Å². The van der Waals surface area contributed by atoms with Gasteiger partial charge in [-0.05, 0) is 52.0 Å². The summed E-state index contributed by atoms with van der Waals surface area (Å²) in [4.78, 5) is 25.3. The van der Waals surface area contributed by atoms with Gasteiger partial charge in [-0.15, -0.1) is 11.8 Å². The fraction of sp³-hybridized carbons (Fsp3) is 0.368. The van der Waals surface area contributed by atoms with Gasteiger partial charge in [-0.3, -0.25) is 4.79 Å². The summed E-state index contributed by atoms with van der Waals surface area (Å²) in [6.07, 6.45) is 0.751. The lowest BCUT2D eigenvalue weighted by molar-refractivity contribution is -0.130. The second-order valence-electron chi connectivity index (χ2n) is 6.65. The molecule has 6 heteroatoms. The molecule has 0 fully saturated rings. The molecule has 0 bridgehead atoms. The predicted octanol–water partition coefficient (Wildman–Crippen LogP) is 4.03. The van der Waals surface area contributed by atoms with Crippen molar-refractivity contribution in [1.82, 2.24) is 5.32 Å². The highest BCUT2D eigenvalue weighted by molar-refractivity contribution is 7.98. The minimum absolute atomic E-state index is 0.318. The summed E-state index contributed by atoms with van der Waals surface area (Å²) in [5.74, 6) is 0.601. The van der Waals surface area contributed by atoms with Gasteiger partial charge in [0.15, 0.2) is 6.10 Å². The third kappa shape index (κ3) is 5.98. The van der Waals surface area contributed by atoms with Crippen molar-refractivity contribution in [2.45, 2.75) is 50.0 Å². The Morgan fingerprint density at radius 3 is 2.56 bits per heavy atom. The third-order valence-electron chi connectivity index (χ3n) is 3.21. The maximum Gasteiger partial charge on any atom is 0.340 e. The van der Waals surface area contributed by atoms with Crippen LogP contribution >= 0.6 is 11.8 Å². The summed E-state index contributed by atoms with van der Waals surface area (Å²) in [7, 11) is 0. The first-order valence-electron chi connectivity index (χ1n) is 8.03. The van der Waals surface area contributed by atoms with E-state index in [-0.39, 0.29) is 11.4 Å². The smallest absolute Gasteiger partial charge is 0.340 e. The van der Waals surface area contributed by atoms with E-state index in [1.807, 2.05) is 45.0 Å². The molecule has 2 rings (SSSR count). The lowest BCUT2D eigenvalue weighted by Gasteiger charge is -2.23. The Morgan fingerprint density at radius 1 is 1.20 bits per heavy atom. The zero-order chi connectivity index (χ0) is 18.4. The molecule has 0 saturated carbocycles. The maximum absolute atomic E-state index is 12.5. The second-order valence-corrected chi connectivity index (χ2v) is 7.67. The van der Waals surface area contributed by atoms with Gasteiger partial charge in [0.05, 0.1) is 17.6 Å². The molecule has 0 radical (unpaired) electrons. The molecule has 1 aromatic carbocycles. The molecule has 1 heterocycles. The molecule has 1 atom stereocenters. The largest absolute Gasteiger partial charge is 0.468 e. The Kier molecular flexibility index (Phi) is 6.31. The Balaban J connectivity index is 2.02. The molecule has 0 aliphatic heterocycles. The van der Waals surface area contributed by atoms with Crippen LogP contribution in [0.2, 0.25) is 0 Å². The number of ether oxygens (including phenoxy) is 1. The molecule has 5 nitrogen and oxygen atoms in total. The Bertz CT molecular complexity index is 719. The zero-order valence-corrected chi connectivity index (χ0v) is 15.7. The van der Waals surface area contributed by atoms with Crippen LogP contribution in [-0.4, -0.2) is 23.5 Å². The number of nitrogens with one attached hydrogen (secondary N) is 1. The topological polar surface area (TPSA) is 68.5 Å². The van der Waals surface area contributed by atoms with Gasteiger partial charge in [0, 0.05) is 10.4 Å². The van der Waals surface area contributed by atoms with E-state index < -0.39 is 12.1 Å². The Labute approximate surface area is 152 Å². The van der Waals surface area contributed by atoms with E-state index in [1.54, 1.807) is 25.3 Å². The number of carbonyl (C=O) groups is 2. The van der Waals surface area contributed by atoms with Crippen molar-refractivity contribution in [2.24, 2.45) is 0 Å². The first-order chi connectivity index (χ1) is 11.8. The maximum atomic E-state index is 12.5. The first-order valence-corrected chi connectivity index (χ1v) is 9.02. The summed E-state index contributed by atoms with van der Waals surface area (Å²) in [5, 5.41) is 2.80. The van der Waals surface area contributed by atoms with Gasteiger partial charge in [0.1, 0.15) is 5.76 Å². The quantitative estimate of drug-likeness (QED) is 0.621. The van der Waals surface area contributed by atoms with Crippen LogP contribution in [-0.2, 0) is 15.3 Å². The molecular formula is C19H23NO4S. The number of furan rings is 1. The summed E-state index contributed by atoms with van der Waals surface area (Å²) < 4.78 is 10.6. The molecule has 2 aromatic rings. The molecule has 0 unspecified atom stereocenters. The van der Waals surface area contributed by atoms with E-state index in [2.05, 4.69) is 5.32 Å². The lowest BCUT2D eigenvalue weighted by atomic mass is 10.1. The summed E-state index contributed by atoms with van der Waals surface area (Å²) in [6, 6.07) is 10.9. The minimum atomic E-state index is -0.866. The molecule has 25 heavy (non-hydrogen) atoms. The number of amides is 1. The summed E-state index contributed by atoms with van der Waals surface area (Å²) in [5.41, 5.74) is 0.0589. The van der Waals surface area contributed by atoms with E-state index >= 15 is 0 Å². The average Bonchev–Trinajstić information content (AvgIpc) is 3.05. The average molecular weight is 361 g/mol. The lowest BCUT2D eigenvalue weighted by Crippen LogP contribution is -2.46. The van der Waals surface area contributed by atoms with E-state index in [0.717, 1.165) is 10.7 Å². The van der Waals surface area contributed by atoms with Gasteiger partial charge in [0.2, 0.25) is 0 Å². The number of benzene rings is 1. The Hall–Kier alpha value is -2.21. The predicted molar refractivity (Wildman–Crippen MR) is 97.5 cm³/mol. The van der Waals surface area contributed by atoms with Crippen LogP contribution in [0.5, 0.6) is 0 Å². The van der Waals surface area contributed by atoms with Crippen LogP contribution in [0.3, 0.4) is 0 Å². The van der Waals surface area contributed by atoms with Gasteiger partial charge in [-0.2, -0.15) is 0 Å². The van der Waals surface area contributed by atoms with E-state index in [1.165, 1.54) is 11.8 Å². The first kappa shape index (κ1) is 19.1. The highest BCUT2D eigenvalue weighted by Crippen LogP contribution is 2.27. The van der Waals surface area contributed by atoms with Crippen molar-refractivity contribution in [1.29, 1.82) is 0 Å². The van der Waals surface area contributed by atoms with E-state index in [9.17, 15) is 9.59 Å². The van der Waals surface area contributed by atoms with Crippen LogP contribution in [0.25, 0.3) is 0 Å². The van der Waals surface area contributed by atoms with Crippen molar-refractivity contribution >= 4 is 23.6 Å². The standard InChI is InChI=1S/C19H23NO4S/c1-13(17(21)20-19(2,3)4)24-18(22)15-9-5-6-10-16(15)25-12-14-8-7-11-23-14/h5-11,13H,12H2,1-4H3,(H,20,21)/t13-/m1/s1. The van der Waals surface area contributed by atoms with Crippen LogP contribution < -0.4 is 5.32 Å². The summed E-state index contributed by atoms with van der Waals surface area (Å²) >= 11 is 1.48. The van der Waals surface area contributed by atoms with Gasteiger partial charge < -0.3 is 14.5 Å². The molecule has 134 valence electrons. The second kappa shape index (κ2) is 8.25. The number of thioether (sulfide) groups is 1. The minimum Gasteiger partial charge on any atom is -0.468 e. The molecule has 0 spiro atoms. The Morgan fingerprint density at radius 2 is 1.92 bits per heavy atom. The third-order valence-corrected chi connectivity index (χ3v) is 4.30. The highest BCUT2D eigenvalue weighted by atomic mass is 32.2. The van der Waals surface area contributed by atoms with Crippen molar-refractivity contribution < 1.29 is 18.7 Å². The van der Waals surface area contributed by atoms with Crippen LogP contribution in [0, 0.1) is 0 Å². The number of esters is 1. The molecule has 0 aliphatic rings. The highest BCUT2D eigenvalue weighted by Gasteiger charge is 2.24. The number of rotatable bonds is 6. The number of hydrogen-bond acceptors (Lipinski definition) is 5. The molecule has 0 saturated heterocycles. The molecule has 1 aromatic heterocycles. The van der Waals surface area contributed by atoms with Crippen molar-refractivity contribution in [2.75, 3.05) is 0 Å². The normalized spacial score (nSPS) is 12.5. The molecular weight excluding hydrogens is 338 g/mol. The number of hydrogen-bond donors (Lipinski definition) is 1. The number of carbonyl (C=O) groups excluding carboxylic acids is 2. The monoisotopic (exact) mass is 361 g/mol. The van der Waals surface area contributed by atoms with E-state index in [0.29, 0.717) is 11.3 Å². The van der Waals surface area contributed by atoms with Gasteiger partial charge in [-0.25, -0.2) is 4.79 Å². The van der Waals surface area contributed by atoms with Gasteiger partial charge in [-0.1, -0.05) is 12.1 Å². The van der Waals surface area contributed by atoms with Crippen molar-refractivity contribution in [3.8, 4) is 0 Å². The SMILES string of the molecule is C[C@@H](OC(=O)c1ccccc1SCc1ccco1)C(=O)NC(C)(C)C. The zero-order valence-electron chi connectivity index (χ0n) is 14.9. The molecule has 1 amide bonds. The van der Waals surface area contributed by atoms with Crippen LogP contribution in [0.1, 0.15) is 43.8 Å². The van der Waals surface area contributed by atoms with Crippen molar-refractivity contribution in [3.63, 3.8) is 0 Å². The van der Waals surface area contributed by atoms with E-state index in [4.69, 9.17) is 9.15 Å². The summed E-state index contributed by atoms with van der Waals surface area (Å²) in [6.45, 7) is 7.19. The fourth-order valence-corrected chi connectivity index (χ4v) is 3.00. The van der Waals surface area contributed by atoms with Gasteiger partial charge in [0.25, 0.3) is 5.91 Å². The fourth-order valence-electron chi connectivity index (χ4n) is 2.05. The van der Waals surface area contributed by atoms with Crippen molar-refractivity contribution in [3.05, 3.63) is 54.0 Å².